The molecule has 0 aromatic heterocycles. The summed E-state index contributed by atoms with van der Waals surface area (Å²) in [5, 5.41) is 0. The zero-order valence-electron chi connectivity index (χ0n) is 9.15. The van der Waals surface area contributed by atoms with E-state index in [4.69, 9.17) is 4.43 Å². The topological polar surface area (TPSA) is 9.23 Å². The van der Waals surface area contributed by atoms with Crippen LogP contribution in [0.1, 0.15) is 5.56 Å². The normalized spacial score (nSPS) is 12.7. The Morgan fingerprint density at radius 2 is 1.75 bits per heavy atom. The molecule has 0 saturated heterocycles. The van der Waals surface area contributed by atoms with E-state index in [1.807, 2.05) is 19.6 Å². The minimum Gasteiger partial charge on any atom is -0.544 e. The predicted molar refractivity (Wildman–Crippen MR) is 63.1 cm³/mol. The van der Waals surface area contributed by atoms with Crippen molar-refractivity contribution in [2.24, 2.45) is 0 Å². The Balaban J connectivity index is 3.01. The van der Waals surface area contributed by atoms with E-state index in [9.17, 15) is 13.2 Å². The first kappa shape index (κ1) is 13.6. The van der Waals surface area contributed by atoms with Gasteiger partial charge in [0.2, 0.25) is 8.32 Å². The van der Waals surface area contributed by atoms with Crippen LogP contribution in [0, 0.1) is 0 Å². The molecule has 0 aliphatic rings. The van der Waals surface area contributed by atoms with E-state index < -0.39 is 20.1 Å². The summed E-state index contributed by atoms with van der Waals surface area (Å²) in [6.07, 6.45) is -4.32. The van der Waals surface area contributed by atoms with Gasteiger partial charge in [0.15, 0.2) is 0 Å². The lowest BCUT2D eigenvalue weighted by molar-refractivity contribution is -0.137. The molecule has 0 atom stereocenters. The predicted octanol–water partition coefficient (Wildman–Crippen LogP) is 4.68. The maximum atomic E-state index is 12.4. The Morgan fingerprint density at radius 3 is 2.12 bits per heavy atom. The van der Waals surface area contributed by atoms with Gasteiger partial charge >= 0.3 is 6.18 Å². The SMILES string of the molecule is C[Si](C)(C)Oc1ccc(C(F)(F)F)cc1Br. The van der Waals surface area contributed by atoms with Gasteiger partial charge in [-0.05, 0) is 53.8 Å². The van der Waals surface area contributed by atoms with E-state index in [2.05, 4.69) is 15.9 Å². The second-order valence-corrected chi connectivity index (χ2v) is 9.64. The summed E-state index contributed by atoms with van der Waals surface area (Å²) < 4.78 is 43.1. The van der Waals surface area contributed by atoms with E-state index in [1.165, 1.54) is 6.07 Å². The minimum atomic E-state index is -4.32. The summed E-state index contributed by atoms with van der Waals surface area (Å²) >= 11 is 3.09. The van der Waals surface area contributed by atoms with Crippen molar-refractivity contribution in [3.63, 3.8) is 0 Å². The van der Waals surface area contributed by atoms with Crippen molar-refractivity contribution in [1.29, 1.82) is 0 Å². The van der Waals surface area contributed by atoms with Crippen molar-refractivity contribution >= 4 is 24.2 Å². The van der Waals surface area contributed by atoms with Crippen LogP contribution in [0.2, 0.25) is 19.6 Å². The molecule has 1 nitrogen and oxygen atoms in total. The monoisotopic (exact) mass is 312 g/mol. The van der Waals surface area contributed by atoms with E-state index >= 15 is 0 Å². The third-order valence-corrected chi connectivity index (χ3v) is 3.13. The van der Waals surface area contributed by atoms with Gasteiger partial charge in [0.05, 0.1) is 10.0 Å². The molecule has 16 heavy (non-hydrogen) atoms. The van der Waals surface area contributed by atoms with Crippen LogP contribution in [0.15, 0.2) is 22.7 Å². The van der Waals surface area contributed by atoms with Gasteiger partial charge in [0, 0.05) is 0 Å². The third-order valence-electron chi connectivity index (χ3n) is 1.68. The molecule has 1 aromatic carbocycles. The molecular formula is C10H12BrF3OSi. The van der Waals surface area contributed by atoms with Gasteiger partial charge in [0.1, 0.15) is 5.75 Å². The molecule has 0 aliphatic carbocycles. The first-order chi connectivity index (χ1) is 7.09. The van der Waals surface area contributed by atoms with Crippen LogP contribution in [0.25, 0.3) is 0 Å². The molecular weight excluding hydrogens is 301 g/mol. The van der Waals surface area contributed by atoms with Crippen LogP contribution >= 0.6 is 15.9 Å². The maximum Gasteiger partial charge on any atom is 0.416 e. The maximum absolute atomic E-state index is 12.4. The Morgan fingerprint density at radius 1 is 1.19 bits per heavy atom. The zero-order valence-corrected chi connectivity index (χ0v) is 11.7. The van der Waals surface area contributed by atoms with Crippen molar-refractivity contribution in [3.8, 4) is 5.75 Å². The highest BCUT2D eigenvalue weighted by atomic mass is 79.9. The van der Waals surface area contributed by atoms with Gasteiger partial charge in [-0.25, -0.2) is 0 Å². The average Bonchev–Trinajstić information content (AvgIpc) is 2.04. The molecule has 0 bridgehead atoms. The van der Waals surface area contributed by atoms with E-state index in [1.54, 1.807) is 0 Å². The molecule has 6 heteroatoms. The van der Waals surface area contributed by atoms with Crippen LogP contribution in [-0.2, 0) is 6.18 Å². The highest BCUT2D eigenvalue weighted by Crippen LogP contribution is 2.35. The summed E-state index contributed by atoms with van der Waals surface area (Å²) in [6, 6.07) is 3.42. The largest absolute Gasteiger partial charge is 0.544 e. The summed E-state index contributed by atoms with van der Waals surface area (Å²) in [5.41, 5.74) is -0.678. The number of hydrogen-bond donors (Lipinski definition) is 0. The summed E-state index contributed by atoms with van der Waals surface area (Å²) in [4.78, 5) is 0. The molecule has 0 unspecified atom stereocenters. The van der Waals surface area contributed by atoms with Gasteiger partial charge in [-0.15, -0.1) is 0 Å². The number of hydrogen-bond acceptors (Lipinski definition) is 1. The van der Waals surface area contributed by atoms with Gasteiger partial charge in [-0.2, -0.15) is 13.2 Å². The molecule has 0 heterocycles. The lowest BCUT2D eigenvalue weighted by Crippen LogP contribution is -2.29. The van der Waals surface area contributed by atoms with Gasteiger partial charge in [-0.1, -0.05) is 0 Å². The molecule has 90 valence electrons. The number of benzene rings is 1. The van der Waals surface area contributed by atoms with Crippen LogP contribution in [0.3, 0.4) is 0 Å². The molecule has 0 N–H and O–H groups in total. The van der Waals surface area contributed by atoms with Gasteiger partial charge in [0.25, 0.3) is 0 Å². The highest BCUT2D eigenvalue weighted by molar-refractivity contribution is 9.10. The molecule has 0 aliphatic heterocycles. The van der Waals surface area contributed by atoms with Gasteiger partial charge in [-0.3, -0.25) is 0 Å². The molecule has 0 spiro atoms. The number of rotatable bonds is 2. The van der Waals surface area contributed by atoms with E-state index in [0.29, 0.717) is 10.2 Å². The zero-order chi connectivity index (χ0) is 12.6. The summed E-state index contributed by atoms with van der Waals surface area (Å²) in [7, 11) is -1.80. The minimum absolute atomic E-state index is 0.338. The molecule has 0 amide bonds. The smallest absolute Gasteiger partial charge is 0.416 e. The first-order valence-corrected chi connectivity index (χ1v) is 8.85. The van der Waals surface area contributed by atoms with Crippen molar-refractivity contribution in [1.82, 2.24) is 0 Å². The van der Waals surface area contributed by atoms with Crippen LogP contribution in [-0.4, -0.2) is 8.32 Å². The number of alkyl halides is 3. The Kier molecular flexibility index (Phi) is 3.74. The Bertz CT molecular complexity index is 385. The highest BCUT2D eigenvalue weighted by Gasteiger charge is 2.31. The fraction of sp³-hybridized carbons (Fsp3) is 0.400. The second-order valence-electron chi connectivity index (χ2n) is 4.36. The van der Waals surface area contributed by atoms with Crippen molar-refractivity contribution < 1.29 is 17.6 Å². The fourth-order valence-electron chi connectivity index (χ4n) is 1.09. The lowest BCUT2D eigenvalue weighted by atomic mass is 10.2. The fourth-order valence-corrected chi connectivity index (χ4v) is 2.54. The average molecular weight is 313 g/mol. The molecule has 0 radical (unpaired) electrons. The third kappa shape index (κ3) is 3.82. The van der Waals surface area contributed by atoms with Crippen LogP contribution < -0.4 is 4.43 Å². The number of halogens is 4. The molecule has 1 aromatic rings. The van der Waals surface area contributed by atoms with Gasteiger partial charge < -0.3 is 4.43 Å². The van der Waals surface area contributed by atoms with Crippen molar-refractivity contribution in [3.05, 3.63) is 28.2 Å². The van der Waals surface area contributed by atoms with Crippen molar-refractivity contribution in [2.45, 2.75) is 25.8 Å². The molecule has 0 fully saturated rings. The Labute approximate surface area is 102 Å². The van der Waals surface area contributed by atoms with Crippen LogP contribution in [0.5, 0.6) is 5.75 Å². The van der Waals surface area contributed by atoms with E-state index in [-0.39, 0.29) is 0 Å². The summed E-state index contributed by atoms with van der Waals surface area (Å²) in [6.45, 7) is 5.91. The molecule has 1 rings (SSSR count). The van der Waals surface area contributed by atoms with Crippen molar-refractivity contribution in [2.75, 3.05) is 0 Å². The Hall–Kier alpha value is -0.493. The first-order valence-electron chi connectivity index (χ1n) is 4.65. The standard InChI is InChI=1S/C10H12BrF3OSi/c1-16(2,3)15-9-5-4-7(6-8(9)11)10(12,13)14/h4-6H,1-3H3. The van der Waals surface area contributed by atoms with E-state index in [0.717, 1.165) is 12.1 Å². The second kappa shape index (κ2) is 4.41. The quantitative estimate of drug-likeness (QED) is 0.720. The summed E-state index contributed by atoms with van der Waals surface area (Å²) in [5.74, 6) is 0.465. The lowest BCUT2D eigenvalue weighted by Gasteiger charge is -2.20. The molecule has 0 saturated carbocycles. The van der Waals surface area contributed by atoms with Crippen LogP contribution in [0.4, 0.5) is 13.2 Å².